The molecule has 0 spiro atoms. The number of hydrogen-bond donors (Lipinski definition) is 3. The standard InChI is InChI=1S/C12H18N2O3/c1-7(2)14-11(12(13)16)8-4-5-10(17-3)9(15)6-8/h4-7,11,14-15H,1-3H3,(H2,13,16). The first-order valence-electron chi connectivity index (χ1n) is 5.38. The molecule has 0 aromatic heterocycles. The lowest BCUT2D eigenvalue weighted by molar-refractivity contribution is -0.120. The first-order chi connectivity index (χ1) is 7.95. The highest BCUT2D eigenvalue weighted by molar-refractivity contribution is 5.81. The maximum Gasteiger partial charge on any atom is 0.239 e. The van der Waals surface area contributed by atoms with E-state index in [9.17, 15) is 9.90 Å². The Hall–Kier alpha value is -1.75. The van der Waals surface area contributed by atoms with Gasteiger partial charge < -0.3 is 15.6 Å². The van der Waals surface area contributed by atoms with E-state index in [-0.39, 0.29) is 11.8 Å². The van der Waals surface area contributed by atoms with Gasteiger partial charge in [0, 0.05) is 6.04 Å². The van der Waals surface area contributed by atoms with Crippen molar-refractivity contribution in [2.75, 3.05) is 7.11 Å². The summed E-state index contributed by atoms with van der Waals surface area (Å²) in [5, 5.41) is 12.7. The number of benzene rings is 1. The van der Waals surface area contributed by atoms with Gasteiger partial charge in [0.1, 0.15) is 6.04 Å². The van der Waals surface area contributed by atoms with E-state index in [1.807, 2.05) is 13.8 Å². The van der Waals surface area contributed by atoms with Crippen LogP contribution in [0.4, 0.5) is 0 Å². The van der Waals surface area contributed by atoms with Crippen LogP contribution in [-0.2, 0) is 4.79 Å². The molecule has 0 heterocycles. The molecule has 1 rings (SSSR count). The second kappa shape index (κ2) is 5.54. The number of hydrogen-bond acceptors (Lipinski definition) is 4. The van der Waals surface area contributed by atoms with Gasteiger partial charge >= 0.3 is 0 Å². The van der Waals surface area contributed by atoms with E-state index in [4.69, 9.17) is 10.5 Å². The summed E-state index contributed by atoms with van der Waals surface area (Å²) in [6, 6.07) is 4.26. The van der Waals surface area contributed by atoms with Gasteiger partial charge in [0.25, 0.3) is 0 Å². The molecule has 1 aromatic carbocycles. The largest absolute Gasteiger partial charge is 0.504 e. The lowest BCUT2D eigenvalue weighted by atomic mass is 10.0. The number of amides is 1. The molecule has 17 heavy (non-hydrogen) atoms. The summed E-state index contributed by atoms with van der Waals surface area (Å²) in [4.78, 5) is 11.3. The third-order valence-electron chi connectivity index (χ3n) is 2.32. The Morgan fingerprint density at radius 3 is 2.53 bits per heavy atom. The summed E-state index contributed by atoms with van der Waals surface area (Å²) in [5.41, 5.74) is 5.94. The molecule has 0 aliphatic carbocycles. The number of carbonyl (C=O) groups excluding carboxylic acids is 1. The Morgan fingerprint density at radius 2 is 2.12 bits per heavy atom. The number of carbonyl (C=O) groups is 1. The van der Waals surface area contributed by atoms with E-state index in [0.29, 0.717) is 11.3 Å². The topological polar surface area (TPSA) is 84.6 Å². The van der Waals surface area contributed by atoms with Crippen molar-refractivity contribution in [3.63, 3.8) is 0 Å². The Morgan fingerprint density at radius 1 is 1.47 bits per heavy atom. The van der Waals surface area contributed by atoms with Gasteiger partial charge in [-0.05, 0) is 31.5 Å². The fourth-order valence-electron chi connectivity index (χ4n) is 1.56. The number of methoxy groups -OCH3 is 1. The second-order valence-corrected chi connectivity index (χ2v) is 4.09. The number of ether oxygens (including phenoxy) is 1. The van der Waals surface area contributed by atoms with E-state index in [0.717, 1.165) is 0 Å². The number of rotatable bonds is 5. The van der Waals surface area contributed by atoms with Crippen molar-refractivity contribution >= 4 is 5.91 Å². The van der Waals surface area contributed by atoms with Crippen molar-refractivity contribution in [2.24, 2.45) is 5.73 Å². The van der Waals surface area contributed by atoms with E-state index in [1.54, 1.807) is 12.1 Å². The molecule has 5 heteroatoms. The number of phenols is 1. The van der Waals surface area contributed by atoms with E-state index >= 15 is 0 Å². The first-order valence-corrected chi connectivity index (χ1v) is 5.38. The molecule has 1 amide bonds. The van der Waals surface area contributed by atoms with Crippen molar-refractivity contribution in [3.05, 3.63) is 23.8 Å². The lowest BCUT2D eigenvalue weighted by Gasteiger charge is -2.19. The Labute approximate surface area is 101 Å². The normalized spacial score (nSPS) is 12.5. The van der Waals surface area contributed by atoms with Gasteiger partial charge in [-0.1, -0.05) is 6.07 Å². The highest BCUT2D eigenvalue weighted by atomic mass is 16.5. The van der Waals surface area contributed by atoms with Crippen LogP contribution in [0.5, 0.6) is 11.5 Å². The molecule has 0 saturated carbocycles. The van der Waals surface area contributed by atoms with Gasteiger partial charge in [0.2, 0.25) is 5.91 Å². The van der Waals surface area contributed by atoms with E-state index < -0.39 is 11.9 Å². The van der Waals surface area contributed by atoms with Gasteiger partial charge in [-0.3, -0.25) is 10.1 Å². The molecule has 1 atom stereocenters. The van der Waals surface area contributed by atoms with Crippen LogP contribution in [0.1, 0.15) is 25.5 Å². The zero-order chi connectivity index (χ0) is 13.0. The average Bonchev–Trinajstić information content (AvgIpc) is 2.25. The lowest BCUT2D eigenvalue weighted by Crippen LogP contribution is -2.37. The van der Waals surface area contributed by atoms with Crippen LogP contribution in [-0.4, -0.2) is 24.2 Å². The van der Waals surface area contributed by atoms with Crippen molar-refractivity contribution in [1.82, 2.24) is 5.32 Å². The zero-order valence-electron chi connectivity index (χ0n) is 10.2. The zero-order valence-corrected chi connectivity index (χ0v) is 10.2. The maximum atomic E-state index is 11.3. The van der Waals surface area contributed by atoms with Gasteiger partial charge in [-0.2, -0.15) is 0 Å². The highest BCUT2D eigenvalue weighted by Gasteiger charge is 2.19. The van der Waals surface area contributed by atoms with Crippen LogP contribution in [0.25, 0.3) is 0 Å². The van der Waals surface area contributed by atoms with Crippen molar-refractivity contribution in [2.45, 2.75) is 25.9 Å². The van der Waals surface area contributed by atoms with Crippen LogP contribution >= 0.6 is 0 Å². The second-order valence-electron chi connectivity index (χ2n) is 4.09. The summed E-state index contributed by atoms with van der Waals surface area (Å²) in [6.45, 7) is 3.83. The van der Waals surface area contributed by atoms with Gasteiger partial charge in [0.05, 0.1) is 7.11 Å². The number of nitrogens with two attached hydrogens (primary N) is 1. The van der Waals surface area contributed by atoms with Crippen LogP contribution in [0.3, 0.4) is 0 Å². The SMILES string of the molecule is COc1ccc(C(NC(C)C)C(N)=O)cc1O. The molecule has 94 valence electrons. The van der Waals surface area contributed by atoms with Crippen LogP contribution in [0, 0.1) is 0 Å². The van der Waals surface area contributed by atoms with Crippen molar-refractivity contribution < 1.29 is 14.6 Å². The van der Waals surface area contributed by atoms with Crippen molar-refractivity contribution in [1.29, 1.82) is 0 Å². The summed E-state index contributed by atoms with van der Waals surface area (Å²) < 4.78 is 4.93. The Kier molecular flexibility index (Phi) is 4.34. The molecule has 0 saturated heterocycles. The number of aromatic hydroxyl groups is 1. The monoisotopic (exact) mass is 238 g/mol. The molecule has 1 unspecified atom stereocenters. The fraction of sp³-hybridized carbons (Fsp3) is 0.417. The number of phenolic OH excluding ortho intramolecular Hbond substituents is 1. The van der Waals surface area contributed by atoms with Crippen LogP contribution in [0.2, 0.25) is 0 Å². The van der Waals surface area contributed by atoms with E-state index in [2.05, 4.69) is 5.32 Å². The van der Waals surface area contributed by atoms with Crippen molar-refractivity contribution in [3.8, 4) is 11.5 Å². The average molecular weight is 238 g/mol. The number of nitrogens with one attached hydrogen (secondary N) is 1. The summed E-state index contributed by atoms with van der Waals surface area (Å²) >= 11 is 0. The molecule has 0 fully saturated rings. The number of primary amides is 1. The first kappa shape index (κ1) is 13.3. The molecule has 0 aliphatic rings. The minimum absolute atomic E-state index is 0.0122. The third kappa shape index (κ3) is 3.35. The van der Waals surface area contributed by atoms with Crippen LogP contribution in [0.15, 0.2) is 18.2 Å². The molecule has 0 radical (unpaired) electrons. The molecule has 5 nitrogen and oxygen atoms in total. The molecule has 1 aromatic rings. The van der Waals surface area contributed by atoms with E-state index in [1.165, 1.54) is 13.2 Å². The van der Waals surface area contributed by atoms with Gasteiger partial charge in [-0.15, -0.1) is 0 Å². The molecule has 0 bridgehead atoms. The fourth-order valence-corrected chi connectivity index (χ4v) is 1.56. The Bertz CT molecular complexity index is 405. The molecular formula is C12H18N2O3. The molecule has 4 N–H and O–H groups in total. The van der Waals surface area contributed by atoms with Gasteiger partial charge in [0.15, 0.2) is 11.5 Å². The predicted molar refractivity (Wildman–Crippen MR) is 64.9 cm³/mol. The molecular weight excluding hydrogens is 220 g/mol. The van der Waals surface area contributed by atoms with Crippen LogP contribution < -0.4 is 15.8 Å². The third-order valence-corrected chi connectivity index (χ3v) is 2.32. The Balaban J connectivity index is 3.02. The minimum Gasteiger partial charge on any atom is -0.504 e. The summed E-state index contributed by atoms with van der Waals surface area (Å²) in [6.07, 6.45) is 0. The minimum atomic E-state index is -0.619. The predicted octanol–water partition coefficient (Wildman–Crippen LogP) is 0.925. The molecule has 0 aliphatic heterocycles. The maximum absolute atomic E-state index is 11.3. The summed E-state index contributed by atoms with van der Waals surface area (Å²) in [7, 11) is 1.46. The quantitative estimate of drug-likeness (QED) is 0.712. The van der Waals surface area contributed by atoms with Gasteiger partial charge in [-0.25, -0.2) is 0 Å². The smallest absolute Gasteiger partial charge is 0.239 e. The highest BCUT2D eigenvalue weighted by Crippen LogP contribution is 2.28. The summed E-state index contributed by atoms with van der Waals surface area (Å²) in [5.74, 6) is -0.133.